The van der Waals surface area contributed by atoms with Crippen molar-refractivity contribution in [2.45, 2.75) is 6.23 Å². The van der Waals surface area contributed by atoms with E-state index in [9.17, 15) is 0 Å². The Bertz CT molecular complexity index is 249. The van der Waals surface area contributed by atoms with Crippen molar-refractivity contribution in [2.24, 2.45) is 5.73 Å². The fourth-order valence-electron chi connectivity index (χ4n) is 0.947. The van der Waals surface area contributed by atoms with Gasteiger partial charge in [-0.2, -0.15) is 4.89 Å². The molecule has 1 aromatic rings. The molecule has 52 valence electrons. The van der Waals surface area contributed by atoms with E-state index in [0.717, 1.165) is 11.3 Å². The molecule has 0 bridgehead atoms. The summed E-state index contributed by atoms with van der Waals surface area (Å²) in [5, 5.41) is 0. The molecule has 2 rings (SSSR count). The van der Waals surface area contributed by atoms with E-state index in [1.165, 1.54) is 0 Å². The summed E-state index contributed by atoms with van der Waals surface area (Å²) in [7, 11) is 0. The maximum Gasteiger partial charge on any atom is 0.182 e. The van der Waals surface area contributed by atoms with Gasteiger partial charge in [-0.05, 0) is 6.07 Å². The topological polar surface area (TPSA) is 44.5 Å². The van der Waals surface area contributed by atoms with Crippen LogP contribution >= 0.6 is 0 Å². The SMILES string of the molecule is NC1OOc2ccccc21. The molecular formula is C7H7NO2. The Morgan fingerprint density at radius 2 is 2.10 bits per heavy atom. The zero-order chi connectivity index (χ0) is 6.97. The summed E-state index contributed by atoms with van der Waals surface area (Å²) in [6.07, 6.45) is -0.420. The summed E-state index contributed by atoms with van der Waals surface area (Å²) >= 11 is 0. The third-order valence-electron chi connectivity index (χ3n) is 1.47. The molecule has 10 heavy (non-hydrogen) atoms. The van der Waals surface area contributed by atoms with Gasteiger partial charge in [0.2, 0.25) is 0 Å². The van der Waals surface area contributed by atoms with Crippen LogP contribution in [0.2, 0.25) is 0 Å². The first-order chi connectivity index (χ1) is 4.88. The van der Waals surface area contributed by atoms with Gasteiger partial charge in [0.15, 0.2) is 12.0 Å². The van der Waals surface area contributed by atoms with Gasteiger partial charge in [-0.3, -0.25) is 5.73 Å². The van der Waals surface area contributed by atoms with Crippen molar-refractivity contribution in [1.82, 2.24) is 0 Å². The quantitative estimate of drug-likeness (QED) is 0.542. The number of hydrogen-bond donors (Lipinski definition) is 1. The van der Waals surface area contributed by atoms with Crippen molar-refractivity contribution in [1.29, 1.82) is 0 Å². The molecule has 1 atom stereocenters. The lowest BCUT2D eigenvalue weighted by Gasteiger charge is -1.95. The maximum absolute atomic E-state index is 5.50. The van der Waals surface area contributed by atoms with Gasteiger partial charge in [-0.15, -0.1) is 0 Å². The Balaban J connectivity index is 2.51. The monoisotopic (exact) mass is 137 g/mol. The van der Waals surface area contributed by atoms with Crippen LogP contribution in [-0.2, 0) is 4.89 Å². The van der Waals surface area contributed by atoms with Gasteiger partial charge in [-0.1, -0.05) is 18.2 Å². The summed E-state index contributed by atoms with van der Waals surface area (Å²) in [5.74, 6) is 0.718. The predicted octanol–water partition coefficient (Wildman–Crippen LogP) is 0.968. The van der Waals surface area contributed by atoms with E-state index in [0.29, 0.717) is 0 Å². The van der Waals surface area contributed by atoms with Crippen molar-refractivity contribution in [3.05, 3.63) is 29.8 Å². The Labute approximate surface area is 58.3 Å². The molecule has 3 nitrogen and oxygen atoms in total. The third-order valence-corrected chi connectivity index (χ3v) is 1.47. The first-order valence-electron chi connectivity index (χ1n) is 3.06. The number of para-hydroxylation sites is 1. The molecule has 1 aromatic carbocycles. The highest BCUT2D eigenvalue weighted by Crippen LogP contribution is 2.30. The van der Waals surface area contributed by atoms with Gasteiger partial charge in [0.25, 0.3) is 0 Å². The fraction of sp³-hybridized carbons (Fsp3) is 0.143. The van der Waals surface area contributed by atoms with Crippen LogP contribution in [-0.4, -0.2) is 0 Å². The number of nitrogens with two attached hydrogens (primary N) is 1. The van der Waals surface area contributed by atoms with E-state index in [1.807, 2.05) is 24.3 Å². The molecule has 1 heterocycles. The van der Waals surface area contributed by atoms with Gasteiger partial charge < -0.3 is 4.89 Å². The molecule has 0 aromatic heterocycles. The minimum absolute atomic E-state index is 0.420. The molecule has 0 spiro atoms. The van der Waals surface area contributed by atoms with E-state index in [2.05, 4.69) is 0 Å². The normalized spacial score (nSPS) is 21.9. The van der Waals surface area contributed by atoms with Crippen LogP contribution in [0.15, 0.2) is 24.3 Å². The lowest BCUT2D eigenvalue weighted by atomic mass is 10.2. The van der Waals surface area contributed by atoms with Crippen LogP contribution in [0.1, 0.15) is 11.8 Å². The van der Waals surface area contributed by atoms with Gasteiger partial charge in [0.1, 0.15) is 0 Å². The predicted molar refractivity (Wildman–Crippen MR) is 35.1 cm³/mol. The van der Waals surface area contributed by atoms with E-state index >= 15 is 0 Å². The molecule has 0 amide bonds. The second-order valence-electron chi connectivity index (χ2n) is 2.14. The van der Waals surface area contributed by atoms with Crippen molar-refractivity contribution in [2.75, 3.05) is 0 Å². The van der Waals surface area contributed by atoms with E-state index < -0.39 is 6.23 Å². The standard InChI is InChI=1S/C7H7NO2/c8-7-5-3-1-2-4-6(5)9-10-7/h1-4,7H,8H2. The van der Waals surface area contributed by atoms with Gasteiger partial charge in [-0.25, -0.2) is 0 Å². The first-order valence-corrected chi connectivity index (χ1v) is 3.06. The van der Waals surface area contributed by atoms with Crippen molar-refractivity contribution < 1.29 is 9.78 Å². The number of rotatable bonds is 0. The summed E-state index contributed by atoms with van der Waals surface area (Å²) in [5.41, 5.74) is 6.40. The number of benzene rings is 1. The molecule has 2 N–H and O–H groups in total. The average Bonchev–Trinajstić information content (AvgIpc) is 2.34. The second-order valence-corrected chi connectivity index (χ2v) is 2.14. The number of fused-ring (bicyclic) bond motifs is 1. The Kier molecular flexibility index (Phi) is 1.12. The van der Waals surface area contributed by atoms with Crippen LogP contribution in [0.4, 0.5) is 0 Å². The minimum Gasteiger partial charge on any atom is -0.335 e. The Morgan fingerprint density at radius 3 is 2.90 bits per heavy atom. The van der Waals surface area contributed by atoms with Crippen LogP contribution < -0.4 is 10.6 Å². The summed E-state index contributed by atoms with van der Waals surface area (Å²) in [6.45, 7) is 0. The molecular weight excluding hydrogens is 130 g/mol. The van der Waals surface area contributed by atoms with Crippen LogP contribution in [0.3, 0.4) is 0 Å². The van der Waals surface area contributed by atoms with Crippen LogP contribution in [0.25, 0.3) is 0 Å². The highest BCUT2D eigenvalue weighted by molar-refractivity contribution is 5.35. The van der Waals surface area contributed by atoms with Gasteiger partial charge >= 0.3 is 0 Å². The maximum atomic E-state index is 5.50. The van der Waals surface area contributed by atoms with E-state index in [-0.39, 0.29) is 0 Å². The summed E-state index contributed by atoms with van der Waals surface area (Å²) in [6, 6.07) is 7.48. The zero-order valence-electron chi connectivity index (χ0n) is 5.28. The van der Waals surface area contributed by atoms with E-state index in [1.54, 1.807) is 0 Å². The largest absolute Gasteiger partial charge is 0.335 e. The third kappa shape index (κ3) is 0.683. The molecule has 0 radical (unpaired) electrons. The Morgan fingerprint density at radius 1 is 1.30 bits per heavy atom. The molecule has 0 fully saturated rings. The summed E-state index contributed by atoms with van der Waals surface area (Å²) < 4.78 is 0. The average molecular weight is 137 g/mol. The van der Waals surface area contributed by atoms with Crippen molar-refractivity contribution >= 4 is 0 Å². The van der Waals surface area contributed by atoms with E-state index in [4.69, 9.17) is 15.5 Å². The molecule has 1 aliphatic rings. The van der Waals surface area contributed by atoms with Gasteiger partial charge in [0.05, 0.1) is 0 Å². The van der Waals surface area contributed by atoms with Gasteiger partial charge in [0, 0.05) is 5.56 Å². The van der Waals surface area contributed by atoms with Crippen LogP contribution in [0, 0.1) is 0 Å². The fourth-order valence-corrected chi connectivity index (χ4v) is 0.947. The molecule has 0 saturated carbocycles. The zero-order valence-corrected chi connectivity index (χ0v) is 5.28. The lowest BCUT2D eigenvalue weighted by Crippen LogP contribution is -2.08. The smallest absolute Gasteiger partial charge is 0.182 e. The molecule has 0 aliphatic carbocycles. The second kappa shape index (κ2) is 1.97. The highest BCUT2D eigenvalue weighted by Gasteiger charge is 2.20. The summed E-state index contributed by atoms with van der Waals surface area (Å²) in [4.78, 5) is 9.49. The Hall–Kier alpha value is -1.06. The first kappa shape index (κ1) is 5.70. The van der Waals surface area contributed by atoms with Crippen molar-refractivity contribution in [3.63, 3.8) is 0 Å². The number of hydrogen-bond acceptors (Lipinski definition) is 3. The van der Waals surface area contributed by atoms with Crippen molar-refractivity contribution in [3.8, 4) is 5.75 Å². The molecule has 0 saturated heterocycles. The molecule has 3 heteroatoms. The minimum atomic E-state index is -0.420. The molecule has 1 unspecified atom stereocenters. The highest BCUT2D eigenvalue weighted by atomic mass is 17.2. The van der Waals surface area contributed by atoms with Crippen LogP contribution in [0.5, 0.6) is 5.75 Å². The molecule has 1 aliphatic heterocycles. The lowest BCUT2D eigenvalue weighted by molar-refractivity contribution is -0.222.